The minimum Gasteiger partial charge on any atom is -0.347 e. The largest absolute Gasteiger partial charge is 0.347 e. The van der Waals surface area contributed by atoms with E-state index in [0.717, 1.165) is 41.5 Å². The van der Waals surface area contributed by atoms with Crippen molar-refractivity contribution in [2.75, 3.05) is 23.3 Å². The zero-order valence-electron chi connectivity index (χ0n) is 21.3. The first kappa shape index (κ1) is 22.3. The molecule has 2 fully saturated rings. The van der Waals surface area contributed by atoms with Gasteiger partial charge in [0.05, 0.1) is 23.8 Å². The van der Waals surface area contributed by atoms with E-state index in [4.69, 9.17) is 20.1 Å². The zero-order chi connectivity index (χ0) is 24.3. The molecule has 4 heterocycles. The van der Waals surface area contributed by atoms with Gasteiger partial charge in [0, 0.05) is 36.8 Å². The van der Waals surface area contributed by atoms with Crippen molar-refractivity contribution in [3.05, 3.63) is 41.3 Å². The van der Waals surface area contributed by atoms with E-state index in [1.54, 1.807) is 0 Å². The lowest BCUT2D eigenvalue weighted by atomic mass is 10.1. The van der Waals surface area contributed by atoms with E-state index in [2.05, 4.69) is 72.9 Å². The molecule has 1 aromatic carbocycles. The third kappa shape index (κ3) is 4.11. The van der Waals surface area contributed by atoms with Crippen LogP contribution in [-0.4, -0.2) is 54.3 Å². The highest BCUT2D eigenvalue weighted by Crippen LogP contribution is 2.42. The van der Waals surface area contributed by atoms with Crippen LogP contribution in [0.4, 0.5) is 11.9 Å². The molecule has 2 aliphatic rings. The van der Waals surface area contributed by atoms with Crippen LogP contribution >= 0.6 is 0 Å². The van der Waals surface area contributed by atoms with E-state index in [-0.39, 0.29) is 0 Å². The van der Waals surface area contributed by atoms with Crippen LogP contribution < -0.4 is 15.5 Å². The van der Waals surface area contributed by atoms with Crippen molar-refractivity contribution in [2.24, 2.45) is 0 Å². The third-order valence-electron chi connectivity index (χ3n) is 7.08. The van der Waals surface area contributed by atoms with Crippen molar-refractivity contribution in [3.63, 3.8) is 0 Å². The highest BCUT2D eigenvalue weighted by Gasteiger charge is 2.30. The highest BCUT2D eigenvalue weighted by atomic mass is 15.4. The maximum absolute atomic E-state index is 5.02. The molecule has 9 nitrogen and oxygen atoms in total. The fraction of sp³-hybridized carbons (Fsp3) is 0.538. The summed E-state index contributed by atoms with van der Waals surface area (Å²) in [5, 5.41) is 11.9. The summed E-state index contributed by atoms with van der Waals surface area (Å²) in [5.41, 5.74) is 5.57. The number of aromatic nitrogens is 6. The van der Waals surface area contributed by atoms with Gasteiger partial charge in [0.15, 0.2) is 5.65 Å². The molecule has 0 spiro atoms. The number of benzene rings is 1. The highest BCUT2D eigenvalue weighted by molar-refractivity contribution is 5.77. The Bertz CT molecular complexity index is 1370. The summed E-state index contributed by atoms with van der Waals surface area (Å²) in [6.07, 6.45) is 4.40. The number of nitrogens with zero attached hydrogens (tertiary/aromatic N) is 7. The molecule has 9 heteroatoms. The first-order chi connectivity index (χ1) is 16.9. The number of piperazine rings is 1. The van der Waals surface area contributed by atoms with Gasteiger partial charge in [-0.3, -0.25) is 0 Å². The maximum Gasteiger partial charge on any atom is 0.230 e. The monoisotopic (exact) mass is 473 g/mol. The molecule has 1 aliphatic heterocycles. The summed E-state index contributed by atoms with van der Waals surface area (Å²) >= 11 is 0. The van der Waals surface area contributed by atoms with Crippen LogP contribution in [0.25, 0.3) is 16.7 Å². The summed E-state index contributed by atoms with van der Waals surface area (Å²) in [5.74, 6) is 3.05. The summed E-state index contributed by atoms with van der Waals surface area (Å²) < 4.78 is 4.18. The van der Waals surface area contributed by atoms with Crippen molar-refractivity contribution in [2.45, 2.75) is 78.0 Å². The molecule has 3 aromatic heterocycles. The number of aryl methyl sites for hydroxylation is 1. The van der Waals surface area contributed by atoms with E-state index in [9.17, 15) is 0 Å². The lowest BCUT2D eigenvalue weighted by molar-refractivity contribution is 0.403. The van der Waals surface area contributed by atoms with Crippen LogP contribution in [0.15, 0.2) is 24.4 Å². The van der Waals surface area contributed by atoms with Gasteiger partial charge in [-0.2, -0.15) is 19.6 Å². The fourth-order valence-corrected chi connectivity index (χ4v) is 5.43. The van der Waals surface area contributed by atoms with Gasteiger partial charge in [-0.1, -0.05) is 6.07 Å². The minimum atomic E-state index is 0.301. The molecule has 0 amide bonds. The maximum atomic E-state index is 5.02. The van der Waals surface area contributed by atoms with Crippen LogP contribution in [0.1, 0.15) is 69.4 Å². The topological polar surface area (TPSA) is 88.2 Å². The van der Waals surface area contributed by atoms with E-state index >= 15 is 0 Å². The second-order valence-electron chi connectivity index (χ2n) is 10.7. The predicted octanol–water partition coefficient (Wildman–Crippen LogP) is 4.04. The summed E-state index contributed by atoms with van der Waals surface area (Å²) in [6.45, 7) is 13.3. The molecule has 1 saturated heterocycles. The van der Waals surface area contributed by atoms with Crippen LogP contribution in [0.3, 0.4) is 0 Å². The fourth-order valence-electron chi connectivity index (χ4n) is 5.43. The molecule has 35 heavy (non-hydrogen) atoms. The molecular weight excluding hydrogens is 438 g/mol. The zero-order valence-corrected chi connectivity index (χ0v) is 21.3. The van der Waals surface area contributed by atoms with Gasteiger partial charge in [-0.05, 0) is 71.1 Å². The van der Waals surface area contributed by atoms with Gasteiger partial charge in [0.1, 0.15) is 5.82 Å². The molecule has 1 aliphatic carbocycles. The first-order valence-corrected chi connectivity index (χ1v) is 12.9. The molecule has 1 saturated carbocycles. The third-order valence-corrected chi connectivity index (χ3v) is 7.08. The number of hydrogen-bond acceptors (Lipinski definition) is 7. The first-order valence-electron chi connectivity index (χ1n) is 12.9. The quantitative estimate of drug-likeness (QED) is 0.437. The minimum absolute atomic E-state index is 0.301. The van der Waals surface area contributed by atoms with E-state index in [1.807, 2.05) is 10.7 Å². The van der Waals surface area contributed by atoms with Gasteiger partial charge in [0.25, 0.3) is 0 Å². The molecule has 2 atom stereocenters. The van der Waals surface area contributed by atoms with E-state index in [1.165, 1.54) is 24.0 Å². The van der Waals surface area contributed by atoms with Gasteiger partial charge in [-0.25, -0.2) is 4.98 Å². The van der Waals surface area contributed by atoms with Crippen LogP contribution in [-0.2, 0) is 6.54 Å². The van der Waals surface area contributed by atoms with E-state index in [0.29, 0.717) is 36.5 Å². The predicted molar refractivity (Wildman–Crippen MR) is 139 cm³/mol. The lowest BCUT2D eigenvalue weighted by Crippen LogP contribution is -2.54. The SMILES string of the molecule is Cc1ccc2c(c1)nc(CNc1nc(N3C[C@@H](C)N[C@@H](C)C3)nc3c(C4CC4)cnn13)n2C(C)C. The van der Waals surface area contributed by atoms with Gasteiger partial charge >= 0.3 is 0 Å². The van der Waals surface area contributed by atoms with Crippen molar-refractivity contribution in [1.29, 1.82) is 0 Å². The Balaban J connectivity index is 1.38. The number of nitrogens with one attached hydrogen (secondary N) is 2. The molecule has 0 unspecified atom stereocenters. The van der Waals surface area contributed by atoms with Gasteiger partial charge < -0.3 is 20.1 Å². The van der Waals surface area contributed by atoms with Crippen LogP contribution in [0.2, 0.25) is 0 Å². The second-order valence-corrected chi connectivity index (χ2v) is 10.7. The standard InChI is InChI=1S/C26H35N9/c1-15(2)34-22-9-6-16(3)10-21(22)30-23(34)12-27-25-32-26(33-13-17(4)29-18(5)14-33)31-24-20(19-7-8-19)11-28-35(24)25/h6,9-11,15,17-19,29H,7-8,12-14H2,1-5H3,(H,27,31,32)/t17-,18+. The van der Waals surface area contributed by atoms with Crippen molar-refractivity contribution in [1.82, 2.24) is 34.4 Å². The number of anilines is 2. The number of hydrogen-bond donors (Lipinski definition) is 2. The Morgan fingerprint density at radius 2 is 1.86 bits per heavy atom. The van der Waals surface area contributed by atoms with Gasteiger partial charge in [0.2, 0.25) is 11.9 Å². The molecule has 4 aromatic rings. The smallest absolute Gasteiger partial charge is 0.230 e. The molecule has 0 radical (unpaired) electrons. The van der Waals surface area contributed by atoms with Crippen LogP contribution in [0, 0.1) is 6.92 Å². The summed E-state index contributed by atoms with van der Waals surface area (Å²) in [7, 11) is 0. The Labute approximate surface area is 206 Å². The second kappa shape index (κ2) is 8.48. The van der Waals surface area contributed by atoms with Crippen molar-refractivity contribution < 1.29 is 0 Å². The number of rotatable bonds is 6. The Morgan fingerprint density at radius 1 is 1.09 bits per heavy atom. The summed E-state index contributed by atoms with van der Waals surface area (Å²) in [6, 6.07) is 7.55. The molecular formula is C26H35N9. The average molecular weight is 474 g/mol. The lowest BCUT2D eigenvalue weighted by Gasteiger charge is -2.36. The van der Waals surface area contributed by atoms with Crippen molar-refractivity contribution >= 4 is 28.6 Å². The normalized spacial score (nSPS) is 20.9. The molecule has 6 rings (SSSR count). The molecule has 184 valence electrons. The molecule has 2 N–H and O–H groups in total. The van der Waals surface area contributed by atoms with Crippen molar-refractivity contribution in [3.8, 4) is 0 Å². The van der Waals surface area contributed by atoms with E-state index < -0.39 is 0 Å². The molecule has 0 bridgehead atoms. The Morgan fingerprint density at radius 3 is 2.57 bits per heavy atom. The van der Waals surface area contributed by atoms with Crippen LogP contribution in [0.5, 0.6) is 0 Å². The number of imidazole rings is 1. The Hall–Kier alpha value is -3.20. The summed E-state index contributed by atoms with van der Waals surface area (Å²) in [4.78, 5) is 17.3. The van der Waals surface area contributed by atoms with Gasteiger partial charge in [-0.15, -0.1) is 0 Å². The number of fused-ring (bicyclic) bond motifs is 2. The Kier molecular flexibility index (Phi) is 5.40. The average Bonchev–Trinajstić information content (AvgIpc) is 3.45.